The summed E-state index contributed by atoms with van der Waals surface area (Å²) in [5, 5.41) is -3.03. The van der Waals surface area contributed by atoms with Gasteiger partial charge in [0.15, 0.2) is 5.08 Å². The van der Waals surface area contributed by atoms with Crippen LogP contribution in [0.3, 0.4) is 0 Å². The van der Waals surface area contributed by atoms with E-state index in [1.165, 1.54) is 6.42 Å². The SMILES string of the molecule is C1=CC1.O=S(=O)(CS(=O)(=O)C(F)(F)F)C(F)(F)F.[KH]. The second-order valence-corrected chi connectivity index (χ2v) is 7.27. The van der Waals surface area contributed by atoms with Crippen molar-refractivity contribution in [2.45, 2.75) is 17.4 Å². The standard InChI is InChI=1S/C3H2F6O4S2.C3H4.K.H/c4-2(5,6)14(10,11)1-15(12,13)3(7,8)9;1-2-3-1;;/h1H2;1-2H,3H2;;. The Morgan fingerprint density at radius 3 is 1.11 bits per heavy atom. The van der Waals surface area contributed by atoms with Gasteiger partial charge in [-0.25, -0.2) is 16.8 Å². The molecule has 0 saturated carbocycles. The molecule has 0 unspecified atom stereocenters. The first-order valence-corrected chi connectivity index (χ1v) is 7.24. The number of sulfone groups is 2. The van der Waals surface area contributed by atoms with Crippen LogP contribution < -0.4 is 0 Å². The molecule has 19 heavy (non-hydrogen) atoms. The van der Waals surface area contributed by atoms with Gasteiger partial charge in [0.25, 0.3) is 19.7 Å². The van der Waals surface area contributed by atoms with Crippen molar-refractivity contribution in [3.05, 3.63) is 12.2 Å². The van der Waals surface area contributed by atoms with Gasteiger partial charge in [-0.1, -0.05) is 12.2 Å². The van der Waals surface area contributed by atoms with Crippen LogP contribution in [0.4, 0.5) is 26.3 Å². The molecule has 13 heteroatoms. The average molecular weight is 360 g/mol. The van der Waals surface area contributed by atoms with Crippen molar-refractivity contribution >= 4 is 71.1 Å². The van der Waals surface area contributed by atoms with E-state index in [0.29, 0.717) is 0 Å². The number of hydrogen-bond acceptors (Lipinski definition) is 4. The zero-order valence-corrected chi connectivity index (χ0v) is 9.92. The van der Waals surface area contributed by atoms with Gasteiger partial charge in [0.05, 0.1) is 0 Å². The van der Waals surface area contributed by atoms with E-state index in [1.54, 1.807) is 0 Å². The molecule has 0 N–H and O–H groups in total. The summed E-state index contributed by atoms with van der Waals surface area (Å²) in [6.45, 7) is 0. The quantitative estimate of drug-likeness (QED) is 0.420. The molecule has 0 aromatic heterocycles. The Labute approximate surface area is 147 Å². The van der Waals surface area contributed by atoms with E-state index in [9.17, 15) is 43.2 Å². The third-order valence-corrected chi connectivity index (χ3v) is 5.14. The van der Waals surface area contributed by atoms with Gasteiger partial charge in [0.1, 0.15) is 0 Å². The molecule has 0 aromatic rings. The fraction of sp³-hybridized carbons (Fsp3) is 0.667. The van der Waals surface area contributed by atoms with E-state index < -0.39 is 35.8 Å². The molecule has 1 rings (SSSR count). The van der Waals surface area contributed by atoms with Gasteiger partial charge in [-0.05, 0) is 6.42 Å². The van der Waals surface area contributed by atoms with Crippen LogP contribution >= 0.6 is 0 Å². The zero-order valence-electron chi connectivity index (χ0n) is 8.29. The van der Waals surface area contributed by atoms with Crippen LogP contribution in [-0.4, -0.2) is 84.3 Å². The molecule has 0 atom stereocenters. The fourth-order valence-corrected chi connectivity index (χ4v) is 3.04. The predicted molar refractivity (Wildman–Crippen MR) is 55.7 cm³/mol. The van der Waals surface area contributed by atoms with Gasteiger partial charge < -0.3 is 0 Å². The summed E-state index contributed by atoms with van der Waals surface area (Å²) in [4.78, 5) is 0. The Balaban J connectivity index is 0. The second kappa shape index (κ2) is 7.22. The van der Waals surface area contributed by atoms with E-state index in [-0.39, 0.29) is 51.4 Å². The minimum absolute atomic E-state index is 0. The first-order chi connectivity index (χ1) is 7.71. The van der Waals surface area contributed by atoms with E-state index in [1.807, 2.05) is 0 Å². The van der Waals surface area contributed by atoms with Gasteiger partial charge in [0.2, 0.25) is 0 Å². The predicted octanol–water partition coefficient (Wildman–Crippen LogP) is 1.11. The number of rotatable bonds is 2. The molecule has 0 spiro atoms. The zero-order chi connectivity index (χ0) is 14.8. The molecule has 0 fully saturated rings. The third kappa shape index (κ3) is 8.01. The Hall–Kier alpha value is 0.856. The molecule has 0 aromatic carbocycles. The van der Waals surface area contributed by atoms with Crippen LogP contribution in [0.1, 0.15) is 6.42 Å². The summed E-state index contributed by atoms with van der Waals surface area (Å²) in [7, 11) is -12.7. The van der Waals surface area contributed by atoms with Crippen LogP contribution in [0, 0.1) is 0 Å². The van der Waals surface area contributed by atoms with Crippen molar-refractivity contribution in [3.8, 4) is 0 Å². The van der Waals surface area contributed by atoms with Crippen molar-refractivity contribution in [1.29, 1.82) is 0 Å². The third-order valence-electron chi connectivity index (χ3n) is 1.25. The molecular weight excluding hydrogens is 353 g/mol. The molecule has 1 aliphatic carbocycles. The van der Waals surface area contributed by atoms with Crippen molar-refractivity contribution < 1.29 is 43.2 Å². The number of allylic oxidation sites excluding steroid dienone is 2. The average Bonchev–Trinajstić information content (AvgIpc) is 2.80. The molecule has 0 heterocycles. The van der Waals surface area contributed by atoms with Crippen molar-refractivity contribution in [2.24, 2.45) is 0 Å². The monoisotopic (exact) mass is 360 g/mol. The van der Waals surface area contributed by atoms with Gasteiger partial charge >= 0.3 is 62.4 Å². The molecule has 110 valence electrons. The minimum atomic E-state index is -6.35. The van der Waals surface area contributed by atoms with E-state index in [2.05, 4.69) is 12.2 Å². The van der Waals surface area contributed by atoms with E-state index >= 15 is 0 Å². The maximum atomic E-state index is 11.5. The molecule has 1 aliphatic rings. The summed E-state index contributed by atoms with van der Waals surface area (Å²) in [5.74, 6) is 0. The Bertz CT molecular complexity index is 469. The van der Waals surface area contributed by atoms with Crippen LogP contribution in [0.5, 0.6) is 0 Å². The van der Waals surface area contributed by atoms with Crippen LogP contribution in [0.15, 0.2) is 12.2 Å². The molecule has 0 saturated heterocycles. The van der Waals surface area contributed by atoms with Crippen LogP contribution in [-0.2, 0) is 19.7 Å². The summed E-state index contributed by atoms with van der Waals surface area (Å²) < 4.78 is 110. The van der Waals surface area contributed by atoms with E-state index in [4.69, 9.17) is 0 Å². The number of halogens is 6. The molecule has 0 radical (unpaired) electrons. The van der Waals surface area contributed by atoms with Crippen LogP contribution in [0.25, 0.3) is 0 Å². The van der Waals surface area contributed by atoms with Gasteiger partial charge in [0, 0.05) is 0 Å². The summed E-state index contributed by atoms with van der Waals surface area (Å²) in [5.41, 5.74) is -12.1. The molecular formula is C6H7F6KO4S2. The normalized spacial score (nSPS) is 15.1. The summed E-state index contributed by atoms with van der Waals surface area (Å²) in [6.07, 6.45) is 5.50. The fourth-order valence-electron chi connectivity index (χ4n) is 0.338. The topological polar surface area (TPSA) is 68.3 Å². The first-order valence-electron chi connectivity index (χ1n) is 3.94. The number of hydrogen-bond donors (Lipinski definition) is 0. The Morgan fingerprint density at radius 2 is 1.00 bits per heavy atom. The summed E-state index contributed by atoms with van der Waals surface area (Å²) in [6, 6.07) is 0. The molecule has 0 bridgehead atoms. The van der Waals surface area contributed by atoms with E-state index in [0.717, 1.165) is 0 Å². The first kappa shape index (κ1) is 22.1. The Kier molecular flexibility index (Phi) is 8.41. The number of alkyl halides is 6. The van der Waals surface area contributed by atoms with Crippen molar-refractivity contribution in [2.75, 3.05) is 5.08 Å². The van der Waals surface area contributed by atoms with Gasteiger partial charge in [-0.2, -0.15) is 26.3 Å². The van der Waals surface area contributed by atoms with Crippen molar-refractivity contribution in [3.63, 3.8) is 0 Å². The summed E-state index contributed by atoms with van der Waals surface area (Å²) >= 11 is 0. The van der Waals surface area contributed by atoms with Crippen molar-refractivity contribution in [1.82, 2.24) is 0 Å². The van der Waals surface area contributed by atoms with Crippen LogP contribution in [0.2, 0.25) is 0 Å². The maximum absolute atomic E-state index is 11.5. The second-order valence-electron chi connectivity index (χ2n) is 2.95. The molecule has 4 nitrogen and oxygen atoms in total. The Morgan fingerprint density at radius 1 is 0.789 bits per heavy atom. The molecule has 0 amide bonds. The van der Waals surface area contributed by atoms with Gasteiger partial charge in [-0.15, -0.1) is 0 Å². The molecule has 0 aliphatic heterocycles. The van der Waals surface area contributed by atoms with Gasteiger partial charge in [-0.3, -0.25) is 0 Å².